The van der Waals surface area contributed by atoms with Crippen molar-refractivity contribution >= 4 is 34.4 Å². The highest BCUT2D eigenvalue weighted by molar-refractivity contribution is 7.10. The lowest BCUT2D eigenvalue weighted by atomic mass is 9.69. The third-order valence-electron chi connectivity index (χ3n) is 6.83. The maximum atomic E-state index is 13.7. The molecule has 0 saturated carbocycles. The number of ketones is 1. The first-order valence-electron chi connectivity index (χ1n) is 11.7. The van der Waals surface area contributed by atoms with E-state index in [1.807, 2.05) is 6.07 Å². The number of carbonyl (C=O) groups is 1. The molecule has 1 atom stereocenters. The molecule has 7 nitrogen and oxygen atoms in total. The number of hydrogen-bond donors (Lipinski definition) is 1. The quantitative estimate of drug-likeness (QED) is 0.603. The van der Waals surface area contributed by atoms with Gasteiger partial charge in [-0.1, -0.05) is 25.4 Å². The van der Waals surface area contributed by atoms with E-state index in [1.54, 1.807) is 28.5 Å². The number of nitrogens with zero attached hydrogens (tertiary/aromatic N) is 4. The van der Waals surface area contributed by atoms with Crippen LogP contribution in [0.3, 0.4) is 0 Å². The predicted molar refractivity (Wildman–Crippen MR) is 137 cm³/mol. The van der Waals surface area contributed by atoms with Crippen LogP contribution in [0.2, 0.25) is 5.15 Å². The average molecular weight is 510 g/mol. The summed E-state index contributed by atoms with van der Waals surface area (Å²) in [5, 5.41) is 12.7. The normalized spacial score (nSPS) is 22.9. The van der Waals surface area contributed by atoms with E-state index in [0.717, 1.165) is 43.4 Å². The van der Waals surface area contributed by atoms with Gasteiger partial charge in [0.15, 0.2) is 10.9 Å². The van der Waals surface area contributed by atoms with Crippen LogP contribution >= 0.6 is 22.9 Å². The topological polar surface area (TPSA) is 95.5 Å². The van der Waals surface area contributed by atoms with Crippen LogP contribution in [0.15, 0.2) is 52.4 Å². The van der Waals surface area contributed by atoms with Crippen molar-refractivity contribution in [3.05, 3.63) is 68.0 Å². The summed E-state index contributed by atoms with van der Waals surface area (Å²) in [7, 11) is 0. The van der Waals surface area contributed by atoms with E-state index in [0.29, 0.717) is 35.5 Å². The van der Waals surface area contributed by atoms with Gasteiger partial charge in [0.25, 0.3) is 0 Å². The Bertz CT molecular complexity index is 1270. The van der Waals surface area contributed by atoms with Crippen molar-refractivity contribution in [3.8, 4) is 6.07 Å². The molecule has 3 aliphatic rings. The first kappa shape index (κ1) is 24.0. The van der Waals surface area contributed by atoms with E-state index < -0.39 is 5.92 Å². The summed E-state index contributed by atoms with van der Waals surface area (Å²) >= 11 is 8.05. The van der Waals surface area contributed by atoms with Crippen LogP contribution in [0.5, 0.6) is 0 Å². The van der Waals surface area contributed by atoms with Crippen molar-refractivity contribution in [2.45, 2.75) is 39.2 Å². The second kappa shape index (κ2) is 9.40. The lowest BCUT2D eigenvalue weighted by Crippen LogP contribution is -2.42. The van der Waals surface area contributed by atoms with Gasteiger partial charge in [0.2, 0.25) is 0 Å². The largest absolute Gasteiger partial charge is 0.384 e. The second-order valence-electron chi connectivity index (χ2n) is 10.0. The third kappa shape index (κ3) is 4.50. The first-order chi connectivity index (χ1) is 16.8. The molecule has 0 spiro atoms. The number of hydrogen-bond acceptors (Lipinski definition) is 8. The number of morpholine rings is 1. The summed E-state index contributed by atoms with van der Waals surface area (Å²) in [4.78, 5) is 23.0. The molecule has 182 valence electrons. The van der Waals surface area contributed by atoms with E-state index >= 15 is 0 Å². The number of pyridine rings is 1. The van der Waals surface area contributed by atoms with Crippen LogP contribution in [-0.2, 0) is 16.1 Å². The Morgan fingerprint density at radius 2 is 2.11 bits per heavy atom. The van der Waals surface area contributed by atoms with Crippen LogP contribution in [-0.4, -0.2) is 42.0 Å². The van der Waals surface area contributed by atoms with E-state index in [2.05, 4.69) is 41.2 Å². The Hall–Kier alpha value is -2.70. The maximum absolute atomic E-state index is 13.7. The number of nitriles is 1. The van der Waals surface area contributed by atoms with Gasteiger partial charge in [-0.25, -0.2) is 4.98 Å². The summed E-state index contributed by atoms with van der Waals surface area (Å²) in [6, 6.07) is 8.05. The van der Waals surface area contributed by atoms with Crippen LogP contribution in [0.25, 0.3) is 0 Å². The fourth-order valence-electron chi connectivity index (χ4n) is 5.26. The fourth-order valence-corrected chi connectivity index (χ4v) is 6.48. The molecule has 35 heavy (non-hydrogen) atoms. The summed E-state index contributed by atoms with van der Waals surface area (Å²) in [6.07, 6.45) is 2.67. The number of nitrogens with two attached hydrogens (primary N) is 1. The molecule has 2 aromatic rings. The highest BCUT2D eigenvalue weighted by atomic mass is 35.5. The molecule has 1 fully saturated rings. The molecule has 1 aliphatic carbocycles. The molecule has 2 aliphatic heterocycles. The lowest BCUT2D eigenvalue weighted by molar-refractivity contribution is -0.118. The summed E-state index contributed by atoms with van der Waals surface area (Å²) in [5.41, 5.74) is 10.0. The van der Waals surface area contributed by atoms with E-state index in [1.165, 1.54) is 5.56 Å². The van der Waals surface area contributed by atoms with E-state index in [9.17, 15) is 10.1 Å². The smallest absolute Gasteiger partial charge is 0.162 e. The Morgan fingerprint density at radius 1 is 1.34 bits per heavy atom. The van der Waals surface area contributed by atoms with Gasteiger partial charge in [0.1, 0.15) is 5.82 Å². The first-order valence-corrected chi connectivity index (χ1v) is 13.0. The number of allylic oxidation sites excluding steroid dienone is 3. The number of ether oxygens (including phenoxy) is 1. The predicted octanol–water partition coefficient (Wildman–Crippen LogP) is 4.57. The van der Waals surface area contributed by atoms with Gasteiger partial charge < -0.3 is 10.5 Å². The van der Waals surface area contributed by atoms with Crippen LogP contribution in [0, 0.1) is 16.7 Å². The van der Waals surface area contributed by atoms with Gasteiger partial charge in [0, 0.05) is 48.4 Å². The zero-order valence-corrected chi connectivity index (χ0v) is 21.5. The molecule has 9 heteroatoms. The molecule has 0 amide bonds. The highest BCUT2D eigenvalue weighted by Crippen LogP contribution is 2.51. The number of rotatable bonds is 4. The third-order valence-corrected chi connectivity index (χ3v) is 8.17. The molecule has 2 aromatic heterocycles. The molecular formula is C26H28ClN5O2S. The minimum Gasteiger partial charge on any atom is -0.384 e. The molecule has 2 N–H and O–H groups in total. The van der Waals surface area contributed by atoms with Crippen molar-refractivity contribution in [1.29, 1.82) is 5.26 Å². The van der Waals surface area contributed by atoms with Gasteiger partial charge in [0.05, 0.1) is 36.5 Å². The molecule has 1 saturated heterocycles. The van der Waals surface area contributed by atoms with Gasteiger partial charge in [-0.05, 0) is 41.0 Å². The van der Waals surface area contributed by atoms with Crippen molar-refractivity contribution in [2.24, 2.45) is 11.1 Å². The number of aromatic nitrogens is 1. The zero-order valence-electron chi connectivity index (χ0n) is 19.9. The van der Waals surface area contributed by atoms with Gasteiger partial charge in [-0.3, -0.25) is 14.6 Å². The van der Waals surface area contributed by atoms with Crippen LogP contribution in [0.4, 0.5) is 5.69 Å². The second-order valence-corrected chi connectivity index (χ2v) is 11.3. The number of Topliss-reactive ketones (excluding diaryl/α,β-unsaturated/α-hetero) is 1. The Kier molecular flexibility index (Phi) is 6.45. The minimum atomic E-state index is -0.478. The summed E-state index contributed by atoms with van der Waals surface area (Å²) in [6.45, 7) is 8.26. The summed E-state index contributed by atoms with van der Waals surface area (Å²) in [5.74, 6) is -0.122. The monoisotopic (exact) mass is 509 g/mol. The average Bonchev–Trinajstić information content (AvgIpc) is 3.27. The molecule has 5 rings (SSSR count). The maximum Gasteiger partial charge on any atom is 0.162 e. The van der Waals surface area contributed by atoms with Gasteiger partial charge in [-0.2, -0.15) is 5.26 Å². The summed E-state index contributed by atoms with van der Waals surface area (Å²) < 4.78 is 5.46. The Balaban J connectivity index is 1.62. The lowest BCUT2D eigenvalue weighted by Gasteiger charge is -2.43. The van der Waals surface area contributed by atoms with E-state index in [-0.39, 0.29) is 16.4 Å². The van der Waals surface area contributed by atoms with Crippen molar-refractivity contribution in [2.75, 3.05) is 31.2 Å². The minimum absolute atomic E-state index is 0.0506. The Morgan fingerprint density at radius 3 is 2.83 bits per heavy atom. The molecule has 0 bridgehead atoms. The van der Waals surface area contributed by atoms with Crippen molar-refractivity contribution in [3.63, 3.8) is 0 Å². The van der Waals surface area contributed by atoms with Crippen LogP contribution in [0.1, 0.15) is 43.0 Å². The molecule has 1 unspecified atom stereocenters. The van der Waals surface area contributed by atoms with Crippen molar-refractivity contribution < 1.29 is 9.53 Å². The van der Waals surface area contributed by atoms with E-state index in [4.69, 9.17) is 22.1 Å². The number of carbonyl (C=O) groups excluding carboxylic acids is 1. The molecular weight excluding hydrogens is 482 g/mol. The number of anilines is 1. The highest BCUT2D eigenvalue weighted by Gasteiger charge is 2.45. The van der Waals surface area contributed by atoms with Crippen molar-refractivity contribution in [1.82, 2.24) is 9.88 Å². The SMILES string of the molecule is CC1(C)CC(=O)C2=C(C1)N(c1cccnc1Cl)C(N)=C(C#N)C2c1cc(CN2CCOCC2)cs1. The fraction of sp³-hybridized carbons (Fsp3) is 0.423. The number of halogens is 1. The van der Waals surface area contributed by atoms with Gasteiger partial charge in [-0.15, -0.1) is 11.3 Å². The number of thiophene rings is 1. The Labute approximate surface area is 214 Å². The van der Waals surface area contributed by atoms with Crippen LogP contribution < -0.4 is 10.6 Å². The molecule has 0 radical (unpaired) electrons. The molecule has 4 heterocycles. The molecule has 0 aromatic carbocycles. The zero-order chi connectivity index (χ0) is 24.7. The van der Waals surface area contributed by atoms with Gasteiger partial charge >= 0.3 is 0 Å². The standard InChI is InChI=1S/C26H28ClN5O2S/c1-26(2)11-19-23(20(33)12-26)22(21-10-16(15-35-21)14-31-6-8-34-9-7-31)17(13-28)25(29)32(19)18-4-3-5-30-24(18)27/h3-5,10,15,22H,6-9,11-12,14,29H2,1-2H3.